The molecule has 6 nitrogen and oxygen atoms in total. The van der Waals surface area contributed by atoms with Gasteiger partial charge in [0.05, 0.1) is 17.4 Å². The molecule has 10 heteroatoms. The van der Waals surface area contributed by atoms with Gasteiger partial charge in [-0.3, -0.25) is 4.79 Å². The summed E-state index contributed by atoms with van der Waals surface area (Å²) in [7, 11) is 0. The highest BCUT2D eigenvalue weighted by molar-refractivity contribution is 5.92. The highest BCUT2D eigenvalue weighted by atomic mass is 35.5. The third-order valence-corrected chi connectivity index (χ3v) is 4.49. The van der Waals surface area contributed by atoms with E-state index in [2.05, 4.69) is 10.3 Å². The van der Waals surface area contributed by atoms with Gasteiger partial charge in [0, 0.05) is 13.1 Å². The highest BCUT2D eigenvalue weighted by Gasteiger charge is 2.36. The van der Waals surface area contributed by atoms with Crippen molar-refractivity contribution in [3.8, 4) is 5.69 Å². The van der Waals surface area contributed by atoms with Crippen LogP contribution in [0.5, 0.6) is 0 Å². The van der Waals surface area contributed by atoms with Crippen LogP contribution in [0.3, 0.4) is 0 Å². The van der Waals surface area contributed by atoms with Gasteiger partial charge in [-0.1, -0.05) is 18.2 Å². The molecule has 1 amide bonds. The van der Waals surface area contributed by atoms with E-state index in [1.54, 1.807) is 4.90 Å². The standard InChI is InChI=1S/C16H18F3N5O.ClH/c1-15(9-20)5-6-23(10-15)14(25)13-8-24(22-21-13)12-4-2-3-11(7-12)16(17,18)19;/h2-4,7-8H,5-6,9-10,20H2,1H3;1H. The van der Waals surface area contributed by atoms with Gasteiger partial charge in [0.1, 0.15) is 0 Å². The number of carbonyl (C=O) groups is 1. The fraction of sp³-hybridized carbons (Fsp3) is 0.438. The predicted octanol–water partition coefficient (Wildman–Crippen LogP) is 2.52. The van der Waals surface area contributed by atoms with E-state index in [0.29, 0.717) is 19.6 Å². The van der Waals surface area contributed by atoms with Gasteiger partial charge in [0.2, 0.25) is 0 Å². The lowest BCUT2D eigenvalue weighted by Gasteiger charge is -2.21. The molecule has 2 N–H and O–H groups in total. The molecule has 2 heterocycles. The van der Waals surface area contributed by atoms with Crippen LogP contribution in [0.1, 0.15) is 29.4 Å². The first-order valence-corrected chi connectivity index (χ1v) is 7.81. The number of hydrogen-bond acceptors (Lipinski definition) is 4. The monoisotopic (exact) mass is 389 g/mol. The van der Waals surface area contributed by atoms with Crippen molar-refractivity contribution in [2.24, 2.45) is 11.1 Å². The van der Waals surface area contributed by atoms with Gasteiger partial charge in [-0.15, -0.1) is 17.5 Å². The molecule has 1 aliphatic rings. The van der Waals surface area contributed by atoms with Gasteiger partial charge in [0.15, 0.2) is 5.69 Å². The first-order valence-electron chi connectivity index (χ1n) is 7.81. The fourth-order valence-corrected chi connectivity index (χ4v) is 2.84. The Balaban J connectivity index is 0.00000243. The van der Waals surface area contributed by atoms with Gasteiger partial charge < -0.3 is 10.6 Å². The zero-order valence-corrected chi connectivity index (χ0v) is 14.8. The Kier molecular flexibility index (Phi) is 5.62. The van der Waals surface area contributed by atoms with E-state index < -0.39 is 11.7 Å². The van der Waals surface area contributed by atoms with E-state index in [-0.39, 0.29) is 35.1 Å². The maximum atomic E-state index is 12.8. The number of nitrogens with zero attached hydrogens (tertiary/aromatic N) is 4. The lowest BCUT2D eigenvalue weighted by Crippen LogP contribution is -2.34. The number of carbonyl (C=O) groups excluding carboxylic acids is 1. The van der Waals surface area contributed by atoms with Gasteiger partial charge in [-0.25, -0.2) is 4.68 Å². The molecule has 1 unspecified atom stereocenters. The number of amides is 1. The normalized spacial score (nSPS) is 20.1. The number of nitrogens with two attached hydrogens (primary N) is 1. The number of rotatable bonds is 3. The van der Waals surface area contributed by atoms with Crippen molar-refractivity contribution >= 4 is 18.3 Å². The molecule has 0 spiro atoms. The molecule has 0 bridgehead atoms. The summed E-state index contributed by atoms with van der Waals surface area (Å²) in [6.45, 7) is 3.59. The lowest BCUT2D eigenvalue weighted by molar-refractivity contribution is -0.137. The van der Waals surface area contributed by atoms with E-state index in [1.807, 2.05) is 6.92 Å². The number of alkyl halides is 3. The quantitative estimate of drug-likeness (QED) is 0.875. The number of benzene rings is 1. The molecule has 1 saturated heterocycles. The van der Waals surface area contributed by atoms with Crippen molar-refractivity contribution in [3.05, 3.63) is 41.7 Å². The first kappa shape index (κ1) is 20.2. The first-order chi connectivity index (χ1) is 11.7. The van der Waals surface area contributed by atoms with Gasteiger partial charge in [0.25, 0.3) is 5.91 Å². The molecule has 2 aromatic rings. The minimum Gasteiger partial charge on any atom is -0.337 e. The summed E-state index contributed by atoms with van der Waals surface area (Å²) in [5.74, 6) is -0.296. The summed E-state index contributed by atoms with van der Waals surface area (Å²) in [4.78, 5) is 14.2. The minimum atomic E-state index is -4.45. The molecule has 1 aliphatic heterocycles. The molecule has 3 rings (SSSR count). The topological polar surface area (TPSA) is 77.0 Å². The van der Waals surface area contributed by atoms with E-state index >= 15 is 0 Å². The second kappa shape index (κ2) is 7.24. The molecule has 1 fully saturated rings. The summed E-state index contributed by atoms with van der Waals surface area (Å²) < 4.78 is 39.6. The Hall–Kier alpha value is -2.13. The molecular weight excluding hydrogens is 371 g/mol. The van der Waals surface area contributed by atoms with Gasteiger partial charge >= 0.3 is 6.18 Å². The third kappa shape index (κ3) is 3.99. The Morgan fingerprint density at radius 3 is 2.73 bits per heavy atom. The molecule has 0 aliphatic carbocycles. The third-order valence-electron chi connectivity index (χ3n) is 4.49. The smallest absolute Gasteiger partial charge is 0.337 e. The molecule has 1 aromatic heterocycles. The van der Waals surface area contributed by atoms with E-state index in [9.17, 15) is 18.0 Å². The summed E-state index contributed by atoms with van der Waals surface area (Å²) in [6, 6.07) is 4.70. The van der Waals surface area contributed by atoms with Crippen molar-refractivity contribution in [3.63, 3.8) is 0 Å². The van der Waals surface area contributed by atoms with Crippen LogP contribution in [0.25, 0.3) is 5.69 Å². The van der Waals surface area contributed by atoms with Crippen molar-refractivity contribution in [1.82, 2.24) is 19.9 Å². The summed E-state index contributed by atoms with van der Waals surface area (Å²) in [5.41, 5.74) is 5.12. The Morgan fingerprint density at radius 2 is 2.12 bits per heavy atom. The van der Waals surface area contributed by atoms with Crippen molar-refractivity contribution < 1.29 is 18.0 Å². The van der Waals surface area contributed by atoms with Crippen LogP contribution in [-0.2, 0) is 6.18 Å². The second-order valence-corrected chi connectivity index (χ2v) is 6.59. The van der Waals surface area contributed by atoms with Crippen LogP contribution in [0.15, 0.2) is 30.5 Å². The Labute approximate surface area is 154 Å². The highest BCUT2D eigenvalue weighted by Crippen LogP contribution is 2.31. The van der Waals surface area contributed by atoms with Crippen LogP contribution in [0.4, 0.5) is 13.2 Å². The van der Waals surface area contributed by atoms with E-state index in [1.165, 1.54) is 23.0 Å². The molecule has 0 radical (unpaired) electrons. The van der Waals surface area contributed by atoms with Gasteiger partial charge in [-0.05, 0) is 36.6 Å². The van der Waals surface area contributed by atoms with Crippen LogP contribution in [-0.4, -0.2) is 45.4 Å². The zero-order chi connectivity index (χ0) is 18.2. The zero-order valence-electron chi connectivity index (χ0n) is 14.0. The lowest BCUT2D eigenvalue weighted by atomic mass is 9.90. The van der Waals surface area contributed by atoms with Crippen LogP contribution in [0.2, 0.25) is 0 Å². The summed E-state index contributed by atoms with van der Waals surface area (Å²) in [5, 5.41) is 7.60. The molecule has 0 saturated carbocycles. The molecule has 26 heavy (non-hydrogen) atoms. The average Bonchev–Trinajstić information content (AvgIpc) is 3.21. The number of aromatic nitrogens is 3. The average molecular weight is 390 g/mol. The van der Waals surface area contributed by atoms with Crippen LogP contribution in [0, 0.1) is 5.41 Å². The molecular formula is C16H19ClF3N5O. The number of likely N-dealkylation sites (tertiary alicyclic amines) is 1. The van der Waals surface area contributed by atoms with Crippen LogP contribution < -0.4 is 5.73 Å². The maximum Gasteiger partial charge on any atom is 0.416 e. The SMILES string of the molecule is CC1(CN)CCN(C(=O)c2cn(-c3cccc(C(F)(F)F)c3)nn2)C1.Cl. The summed E-state index contributed by atoms with van der Waals surface area (Å²) >= 11 is 0. The largest absolute Gasteiger partial charge is 0.416 e. The predicted molar refractivity (Wildman–Crippen MR) is 91.3 cm³/mol. The number of hydrogen-bond donors (Lipinski definition) is 1. The minimum absolute atomic E-state index is 0. The van der Waals surface area contributed by atoms with Crippen LogP contribution >= 0.6 is 12.4 Å². The Morgan fingerprint density at radius 1 is 1.38 bits per heavy atom. The van der Waals surface area contributed by atoms with Crippen molar-refractivity contribution in [1.29, 1.82) is 0 Å². The van der Waals surface area contributed by atoms with Crippen molar-refractivity contribution in [2.75, 3.05) is 19.6 Å². The molecule has 142 valence electrons. The Bertz CT molecular complexity index is 794. The second-order valence-electron chi connectivity index (χ2n) is 6.59. The van der Waals surface area contributed by atoms with Crippen molar-refractivity contribution in [2.45, 2.75) is 19.5 Å². The van der Waals surface area contributed by atoms with E-state index in [4.69, 9.17) is 5.73 Å². The fourth-order valence-electron chi connectivity index (χ4n) is 2.84. The summed E-state index contributed by atoms with van der Waals surface area (Å²) in [6.07, 6.45) is -2.30. The maximum absolute atomic E-state index is 12.8. The van der Waals surface area contributed by atoms with Gasteiger partial charge in [-0.2, -0.15) is 13.2 Å². The number of halogens is 4. The molecule has 1 atom stereocenters. The molecule has 1 aromatic carbocycles. The van der Waals surface area contributed by atoms with E-state index in [0.717, 1.165) is 18.6 Å².